The van der Waals surface area contributed by atoms with Crippen LogP contribution in [-0.2, 0) is 6.42 Å². The number of hydrogen-bond acceptors (Lipinski definition) is 4. The molecule has 1 unspecified atom stereocenters. The fraction of sp³-hybridized carbons (Fsp3) is 0.320. The van der Waals surface area contributed by atoms with Crippen molar-refractivity contribution in [1.29, 1.82) is 0 Å². The number of nitrogens with zero attached hydrogens (tertiary/aromatic N) is 1. The molecule has 0 spiro atoms. The maximum atomic E-state index is 13.5. The fourth-order valence-corrected chi connectivity index (χ4v) is 4.16. The Balaban J connectivity index is 1.11. The molecule has 0 saturated heterocycles. The summed E-state index contributed by atoms with van der Waals surface area (Å²) in [4.78, 5) is 7.79. The SMILES string of the molecule is Cc1ccc2c3c(ccc2n1)OCC(CNCCCCc1c[nH]c2ccc(F)cc12)O3. The van der Waals surface area contributed by atoms with Crippen molar-refractivity contribution in [3.05, 3.63) is 65.7 Å². The molecule has 5 rings (SSSR count). The molecule has 2 N–H and O–H groups in total. The number of H-pyrrole nitrogens is 1. The molecule has 160 valence electrons. The third-order valence-corrected chi connectivity index (χ3v) is 5.79. The number of benzene rings is 2. The van der Waals surface area contributed by atoms with Gasteiger partial charge in [-0.05, 0) is 80.8 Å². The molecule has 1 aliphatic rings. The summed E-state index contributed by atoms with van der Waals surface area (Å²) < 4.78 is 25.7. The molecule has 0 bridgehead atoms. The Kier molecular flexibility index (Phi) is 5.47. The van der Waals surface area contributed by atoms with Gasteiger partial charge in [0, 0.05) is 34.7 Å². The second-order valence-corrected chi connectivity index (χ2v) is 8.13. The molecule has 5 nitrogen and oxygen atoms in total. The summed E-state index contributed by atoms with van der Waals surface area (Å²) in [6.45, 7) is 4.15. The van der Waals surface area contributed by atoms with E-state index < -0.39 is 0 Å². The van der Waals surface area contributed by atoms with Crippen LogP contribution in [0.1, 0.15) is 24.1 Å². The zero-order chi connectivity index (χ0) is 21.2. The fourth-order valence-electron chi connectivity index (χ4n) is 4.16. The molecule has 0 fully saturated rings. The third-order valence-electron chi connectivity index (χ3n) is 5.79. The first kappa shape index (κ1) is 19.8. The minimum absolute atomic E-state index is 0.0315. The number of aryl methyl sites for hydroxylation is 2. The van der Waals surface area contributed by atoms with Crippen LogP contribution in [0.2, 0.25) is 0 Å². The van der Waals surface area contributed by atoms with E-state index in [0.29, 0.717) is 6.61 Å². The summed E-state index contributed by atoms with van der Waals surface area (Å²) in [5.41, 5.74) is 4.07. The zero-order valence-electron chi connectivity index (χ0n) is 17.6. The van der Waals surface area contributed by atoms with Crippen LogP contribution in [0.5, 0.6) is 11.5 Å². The van der Waals surface area contributed by atoms with Crippen LogP contribution >= 0.6 is 0 Å². The van der Waals surface area contributed by atoms with Gasteiger partial charge in [-0.15, -0.1) is 0 Å². The molecule has 3 heterocycles. The predicted octanol–water partition coefficient (Wildman–Crippen LogP) is 4.92. The van der Waals surface area contributed by atoms with Gasteiger partial charge in [0.15, 0.2) is 11.5 Å². The number of hydrogen-bond donors (Lipinski definition) is 2. The number of pyridine rings is 1. The average Bonchev–Trinajstić information content (AvgIpc) is 3.17. The van der Waals surface area contributed by atoms with E-state index in [1.165, 1.54) is 11.6 Å². The van der Waals surface area contributed by atoms with Gasteiger partial charge in [0.05, 0.1) is 5.52 Å². The number of fused-ring (bicyclic) bond motifs is 4. The zero-order valence-corrected chi connectivity index (χ0v) is 17.6. The minimum atomic E-state index is -0.190. The Bertz CT molecular complexity index is 1220. The first-order chi connectivity index (χ1) is 15.2. The molecule has 2 aromatic heterocycles. The maximum absolute atomic E-state index is 13.5. The lowest BCUT2D eigenvalue weighted by molar-refractivity contribution is 0.0925. The van der Waals surface area contributed by atoms with Gasteiger partial charge in [0.25, 0.3) is 0 Å². The highest BCUT2D eigenvalue weighted by molar-refractivity contribution is 5.88. The largest absolute Gasteiger partial charge is 0.486 e. The molecule has 0 radical (unpaired) electrons. The number of unbranched alkanes of at least 4 members (excludes halogenated alkanes) is 1. The number of ether oxygens (including phenoxy) is 2. The number of aromatic amines is 1. The smallest absolute Gasteiger partial charge is 0.171 e. The quantitative estimate of drug-likeness (QED) is 0.418. The molecule has 1 atom stereocenters. The van der Waals surface area contributed by atoms with Crippen molar-refractivity contribution in [3.8, 4) is 11.5 Å². The second-order valence-electron chi connectivity index (χ2n) is 8.13. The number of rotatable bonds is 7. The van der Waals surface area contributed by atoms with Gasteiger partial charge in [-0.1, -0.05) is 0 Å². The lowest BCUT2D eigenvalue weighted by Gasteiger charge is -2.27. The van der Waals surface area contributed by atoms with E-state index in [1.54, 1.807) is 12.1 Å². The summed E-state index contributed by atoms with van der Waals surface area (Å²) in [6, 6.07) is 12.8. The molecule has 6 heteroatoms. The van der Waals surface area contributed by atoms with E-state index in [4.69, 9.17) is 9.47 Å². The van der Waals surface area contributed by atoms with E-state index in [1.807, 2.05) is 37.4 Å². The summed E-state index contributed by atoms with van der Waals surface area (Å²) in [5.74, 6) is 1.38. The van der Waals surface area contributed by atoms with Crippen molar-refractivity contribution >= 4 is 21.8 Å². The Morgan fingerprint density at radius 3 is 3.00 bits per heavy atom. The molecule has 0 saturated carbocycles. The Morgan fingerprint density at radius 1 is 1.13 bits per heavy atom. The van der Waals surface area contributed by atoms with E-state index in [9.17, 15) is 4.39 Å². The van der Waals surface area contributed by atoms with Crippen molar-refractivity contribution in [1.82, 2.24) is 15.3 Å². The molecule has 31 heavy (non-hydrogen) atoms. The van der Waals surface area contributed by atoms with Crippen LogP contribution in [0.4, 0.5) is 4.39 Å². The van der Waals surface area contributed by atoms with Crippen LogP contribution < -0.4 is 14.8 Å². The van der Waals surface area contributed by atoms with Gasteiger partial charge in [0.2, 0.25) is 0 Å². The van der Waals surface area contributed by atoms with Crippen molar-refractivity contribution in [3.63, 3.8) is 0 Å². The van der Waals surface area contributed by atoms with E-state index >= 15 is 0 Å². The van der Waals surface area contributed by atoms with Crippen molar-refractivity contribution in [2.24, 2.45) is 0 Å². The highest BCUT2D eigenvalue weighted by atomic mass is 19.1. The van der Waals surface area contributed by atoms with Gasteiger partial charge in [-0.25, -0.2) is 4.39 Å². The van der Waals surface area contributed by atoms with Crippen molar-refractivity contribution < 1.29 is 13.9 Å². The van der Waals surface area contributed by atoms with E-state index in [2.05, 4.69) is 15.3 Å². The standard InChI is InChI=1S/C25H26FN3O2/c1-16-5-7-20-23(29-16)9-10-24-25(20)31-19(15-30-24)14-27-11-3-2-4-17-13-28-22-8-6-18(26)12-21(17)22/h5-10,12-13,19,27-28H,2-4,11,14-15H2,1H3. The third kappa shape index (κ3) is 4.21. The number of nitrogens with one attached hydrogen (secondary N) is 2. The monoisotopic (exact) mass is 419 g/mol. The molecule has 4 aromatic rings. The van der Waals surface area contributed by atoms with Crippen LogP contribution in [0.25, 0.3) is 21.8 Å². The van der Waals surface area contributed by atoms with Crippen LogP contribution in [0.15, 0.2) is 48.7 Å². The maximum Gasteiger partial charge on any atom is 0.171 e. The molecule has 0 aliphatic carbocycles. The Labute approximate surface area is 180 Å². The lowest BCUT2D eigenvalue weighted by Crippen LogP contribution is -2.38. The Hall–Kier alpha value is -3.12. The van der Waals surface area contributed by atoms with Crippen molar-refractivity contribution in [2.45, 2.75) is 32.3 Å². The summed E-state index contributed by atoms with van der Waals surface area (Å²) in [7, 11) is 0. The first-order valence-corrected chi connectivity index (χ1v) is 10.8. The molecular formula is C25H26FN3O2. The molecular weight excluding hydrogens is 393 g/mol. The van der Waals surface area contributed by atoms with Gasteiger partial charge in [0.1, 0.15) is 18.5 Å². The highest BCUT2D eigenvalue weighted by Gasteiger charge is 2.23. The van der Waals surface area contributed by atoms with Gasteiger partial charge in [-0.2, -0.15) is 0 Å². The van der Waals surface area contributed by atoms with E-state index in [-0.39, 0.29) is 11.9 Å². The van der Waals surface area contributed by atoms with E-state index in [0.717, 1.165) is 71.4 Å². The average molecular weight is 420 g/mol. The normalized spacial score (nSPS) is 15.6. The minimum Gasteiger partial charge on any atom is -0.486 e. The van der Waals surface area contributed by atoms with Crippen LogP contribution in [0.3, 0.4) is 0 Å². The first-order valence-electron chi connectivity index (χ1n) is 10.8. The summed E-state index contributed by atoms with van der Waals surface area (Å²) in [5, 5.41) is 5.45. The predicted molar refractivity (Wildman–Crippen MR) is 120 cm³/mol. The van der Waals surface area contributed by atoms with Gasteiger partial charge in [-0.3, -0.25) is 4.98 Å². The topological polar surface area (TPSA) is 59.2 Å². The Morgan fingerprint density at radius 2 is 2.06 bits per heavy atom. The summed E-state index contributed by atoms with van der Waals surface area (Å²) >= 11 is 0. The lowest BCUT2D eigenvalue weighted by atomic mass is 10.1. The van der Waals surface area contributed by atoms with Gasteiger partial charge >= 0.3 is 0 Å². The molecule has 1 aliphatic heterocycles. The van der Waals surface area contributed by atoms with Gasteiger partial charge < -0.3 is 19.8 Å². The van der Waals surface area contributed by atoms with Crippen LogP contribution in [-0.4, -0.2) is 35.8 Å². The summed E-state index contributed by atoms with van der Waals surface area (Å²) in [6.07, 6.45) is 4.97. The number of aromatic nitrogens is 2. The van der Waals surface area contributed by atoms with Crippen LogP contribution in [0, 0.1) is 12.7 Å². The second kappa shape index (κ2) is 8.55. The highest BCUT2D eigenvalue weighted by Crippen LogP contribution is 2.38. The number of halogens is 1. The molecule has 0 amide bonds. The molecule has 2 aromatic carbocycles. The van der Waals surface area contributed by atoms with Crippen molar-refractivity contribution in [2.75, 3.05) is 19.7 Å².